The number of carbonyl (C=O) groups excluding carboxylic acids is 2. The van der Waals surface area contributed by atoms with E-state index >= 15 is 4.39 Å². The number of hydrogen-bond acceptors (Lipinski definition) is 8. The summed E-state index contributed by atoms with van der Waals surface area (Å²) in [5, 5.41) is 11.3. The number of anilines is 6. The Labute approximate surface area is 254 Å². The molecular weight excluding hydrogens is 601 g/mol. The number of hydrogen-bond donors (Lipinski definition) is 5. The van der Waals surface area contributed by atoms with E-state index in [0.29, 0.717) is 66.0 Å². The van der Waals surface area contributed by atoms with Crippen LogP contribution in [0.25, 0.3) is 11.1 Å². The predicted molar refractivity (Wildman–Crippen MR) is 161 cm³/mol. The quantitative estimate of drug-likeness (QED) is 0.0472. The van der Waals surface area contributed by atoms with Crippen LogP contribution in [-0.2, 0) is 11.0 Å². The third-order valence-corrected chi connectivity index (χ3v) is 6.22. The number of amides is 3. The van der Waals surface area contributed by atoms with Gasteiger partial charge in [-0.3, -0.25) is 9.80 Å². The molecule has 0 spiro atoms. The average molecular weight is 630 g/mol. The number of hydrazine groups is 1. The maximum absolute atomic E-state index is 15.1. The molecule has 0 saturated heterocycles. The summed E-state index contributed by atoms with van der Waals surface area (Å²) in [7, 11) is 3.78. The number of likely N-dealkylation sites (N-methyl/N-ethyl adjacent to an activating group) is 1. The highest BCUT2D eigenvalue weighted by Gasteiger charge is 2.31. The number of alkyl halides is 3. The first-order chi connectivity index (χ1) is 21.3. The van der Waals surface area contributed by atoms with Gasteiger partial charge < -0.3 is 26.2 Å². The van der Waals surface area contributed by atoms with E-state index in [1.54, 1.807) is 24.3 Å². The van der Waals surface area contributed by atoms with Gasteiger partial charge in [0.05, 0.1) is 22.6 Å². The van der Waals surface area contributed by atoms with E-state index in [4.69, 9.17) is 5.84 Å². The van der Waals surface area contributed by atoms with Gasteiger partial charge >= 0.3 is 12.2 Å². The second-order valence-corrected chi connectivity index (χ2v) is 9.84. The van der Waals surface area contributed by atoms with Crippen LogP contribution >= 0.6 is 0 Å². The molecule has 236 valence electrons. The lowest BCUT2D eigenvalue weighted by molar-refractivity contribution is -0.137. The lowest BCUT2D eigenvalue weighted by Crippen LogP contribution is -2.28. The Morgan fingerprint density at radius 1 is 0.978 bits per heavy atom. The van der Waals surface area contributed by atoms with Crippen LogP contribution in [-0.4, -0.2) is 54.5 Å². The zero-order valence-electron chi connectivity index (χ0n) is 23.9. The number of halogens is 5. The molecule has 0 saturated carbocycles. The van der Waals surface area contributed by atoms with Crippen molar-refractivity contribution >= 4 is 47.0 Å². The minimum Gasteiger partial charge on any atom is -0.368 e. The molecule has 1 heterocycles. The summed E-state index contributed by atoms with van der Waals surface area (Å²) in [5.74, 6) is 4.20. The number of carbonyl (C=O) groups is 2. The molecule has 0 fully saturated rings. The molecule has 11 nitrogen and oxygen atoms in total. The summed E-state index contributed by atoms with van der Waals surface area (Å²) >= 11 is 0. The van der Waals surface area contributed by atoms with Crippen molar-refractivity contribution in [1.29, 1.82) is 0 Å². The van der Waals surface area contributed by atoms with Crippen LogP contribution in [0.15, 0.2) is 66.9 Å². The van der Waals surface area contributed by atoms with Crippen LogP contribution in [0.3, 0.4) is 0 Å². The largest absolute Gasteiger partial charge is 0.416 e. The minimum atomic E-state index is -4.75. The Hall–Kier alpha value is -5.35. The zero-order chi connectivity index (χ0) is 32.7. The summed E-state index contributed by atoms with van der Waals surface area (Å²) in [6.45, 7) is 1.12. The minimum absolute atomic E-state index is 0.190. The van der Waals surface area contributed by atoms with Crippen LogP contribution < -0.4 is 32.1 Å². The summed E-state index contributed by atoms with van der Waals surface area (Å²) in [6, 6.07) is 10.9. The Bertz CT molecular complexity index is 1680. The Kier molecular flexibility index (Phi) is 10.1. The van der Waals surface area contributed by atoms with E-state index in [1.807, 2.05) is 24.3 Å². The molecule has 0 aliphatic rings. The number of aromatic nitrogens is 2. The molecule has 45 heavy (non-hydrogen) atoms. The average Bonchev–Trinajstić information content (AvgIpc) is 2.98. The summed E-state index contributed by atoms with van der Waals surface area (Å²) in [4.78, 5) is 34.2. The Morgan fingerprint density at radius 2 is 1.73 bits per heavy atom. The van der Waals surface area contributed by atoms with Gasteiger partial charge in [-0.1, -0.05) is 12.1 Å². The fourth-order valence-corrected chi connectivity index (χ4v) is 3.98. The number of nitrogens with zero attached hydrogens (tertiary/aromatic N) is 4. The number of benzene rings is 3. The number of nitrogens with two attached hydrogens (primary N) is 1. The fourth-order valence-electron chi connectivity index (χ4n) is 3.98. The first-order valence-corrected chi connectivity index (χ1v) is 13.2. The molecule has 3 amide bonds. The molecule has 0 radical (unpaired) electrons. The summed E-state index contributed by atoms with van der Waals surface area (Å²) in [6.07, 6.45) is -2.84. The Morgan fingerprint density at radius 3 is 2.42 bits per heavy atom. The number of urea groups is 1. The maximum Gasteiger partial charge on any atom is 0.416 e. The Balaban J connectivity index is 1.55. The molecule has 0 atom stereocenters. The molecule has 16 heteroatoms. The normalized spacial score (nSPS) is 11.2. The van der Waals surface area contributed by atoms with E-state index in [2.05, 4.69) is 25.9 Å². The van der Waals surface area contributed by atoms with Crippen LogP contribution in [0.2, 0.25) is 0 Å². The lowest BCUT2D eigenvalue weighted by atomic mass is 10.1. The van der Waals surface area contributed by atoms with E-state index in [-0.39, 0.29) is 11.6 Å². The molecule has 0 bridgehead atoms. The highest BCUT2D eigenvalue weighted by atomic mass is 19.4. The topological polar surface area (TPSA) is 141 Å². The molecule has 6 N–H and O–H groups in total. The van der Waals surface area contributed by atoms with Crippen molar-refractivity contribution in [3.63, 3.8) is 0 Å². The van der Waals surface area contributed by atoms with Crippen molar-refractivity contribution in [3.8, 4) is 11.1 Å². The van der Waals surface area contributed by atoms with Crippen molar-refractivity contribution in [1.82, 2.24) is 14.9 Å². The van der Waals surface area contributed by atoms with Gasteiger partial charge in [-0.25, -0.2) is 24.4 Å². The van der Waals surface area contributed by atoms with Crippen LogP contribution in [0.4, 0.5) is 61.3 Å². The van der Waals surface area contributed by atoms with Crippen molar-refractivity contribution in [2.45, 2.75) is 6.18 Å². The summed E-state index contributed by atoms with van der Waals surface area (Å²) < 4.78 is 68.1. The van der Waals surface area contributed by atoms with Gasteiger partial charge in [0, 0.05) is 30.5 Å². The van der Waals surface area contributed by atoms with Crippen LogP contribution in [0.5, 0.6) is 0 Å². The van der Waals surface area contributed by atoms with Crippen molar-refractivity contribution in [2.75, 3.05) is 53.5 Å². The fraction of sp³-hybridized carbons (Fsp3) is 0.172. The van der Waals surface area contributed by atoms with Gasteiger partial charge in [0.2, 0.25) is 12.4 Å². The molecular formula is C29H28F5N9O2. The van der Waals surface area contributed by atoms with Crippen LogP contribution in [0, 0.1) is 11.6 Å². The third kappa shape index (κ3) is 8.61. The lowest BCUT2D eigenvalue weighted by Gasteiger charge is -2.16. The second-order valence-electron chi connectivity index (χ2n) is 9.84. The molecule has 0 aliphatic heterocycles. The first-order valence-electron chi connectivity index (χ1n) is 13.2. The molecule has 4 aromatic rings. The van der Waals surface area contributed by atoms with E-state index in [0.717, 1.165) is 11.1 Å². The van der Waals surface area contributed by atoms with Gasteiger partial charge in [-0.15, -0.1) is 0 Å². The molecule has 0 unspecified atom stereocenters. The highest BCUT2D eigenvalue weighted by Crippen LogP contribution is 2.33. The maximum atomic E-state index is 15.1. The standard InChI is InChI=1S/C29H28F5N9O2/c1-42(2)11-10-36-26-21(15-37-27(41-26)38-19-4-3-5-20(14-19)43(35)16-44)17-6-9-24(23(31)12-17)39-28(45)40-25-13-18(29(32,33)34)7-8-22(25)30/h3-9,12-16H,10-11,35H2,1-2H3,(H2,39,40,45)(H2,36,37,38,41). The van der Waals surface area contributed by atoms with Gasteiger partial charge in [0.1, 0.15) is 17.5 Å². The number of nitrogens with one attached hydrogen (secondary N) is 4. The molecule has 4 rings (SSSR count). The van der Waals surface area contributed by atoms with E-state index in [1.165, 1.54) is 18.3 Å². The van der Waals surface area contributed by atoms with Gasteiger partial charge in [0.25, 0.3) is 0 Å². The second kappa shape index (κ2) is 14.0. The molecule has 1 aromatic heterocycles. The van der Waals surface area contributed by atoms with Crippen molar-refractivity contribution in [2.24, 2.45) is 5.84 Å². The highest BCUT2D eigenvalue weighted by molar-refractivity contribution is 6.00. The van der Waals surface area contributed by atoms with Gasteiger partial charge in [-0.05, 0) is 68.2 Å². The van der Waals surface area contributed by atoms with Crippen molar-refractivity contribution in [3.05, 3.63) is 84.1 Å². The summed E-state index contributed by atoms with van der Waals surface area (Å²) in [5.41, 5.74) is -0.475. The zero-order valence-corrected chi connectivity index (χ0v) is 23.9. The predicted octanol–water partition coefficient (Wildman–Crippen LogP) is 5.64. The van der Waals surface area contributed by atoms with Gasteiger partial charge in [0.15, 0.2) is 0 Å². The molecule has 3 aromatic carbocycles. The third-order valence-electron chi connectivity index (χ3n) is 6.22. The SMILES string of the molecule is CN(C)CCNc1nc(Nc2cccc(N(N)C=O)c2)ncc1-c1ccc(NC(=O)Nc2cc(C(F)(F)F)ccc2F)c(F)c1. The smallest absolute Gasteiger partial charge is 0.368 e. The number of rotatable bonds is 11. The van der Waals surface area contributed by atoms with Crippen LogP contribution in [0.1, 0.15) is 5.56 Å². The molecule has 0 aliphatic carbocycles. The van der Waals surface area contributed by atoms with Gasteiger partial charge in [-0.2, -0.15) is 18.2 Å². The van der Waals surface area contributed by atoms with E-state index < -0.39 is 35.1 Å². The van der Waals surface area contributed by atoms with Crippen molar-refractivity contribution < 1.29 is 31.5 Å². The first kappa shape index (κ1) is 32.6. The van der Waals surface area contributed by atoms with E-state index in [9.17, 15) is 27.2 Å². The monoisotopic (exact) mass is 629 g/mol.